The molecule has 14 heteroatoms. The molecule has 3 amide bonds. The number of hydrogen-bond donors (Lipinski definition) is 3. The van der Waals surface area contributed by atoms with Crippen LogP contribution in [0.5, 0.6) is 11.5 Å². The molecule has 0 aromatic heterocycles. The Morgan fingerprint density at radius 2 is 1.80 bits per heavy atom. The van der Waals surface area contributed by atoms with Gasteiger partial charge >= 0.3 is 18.2 Å². The molecule has 0 saturated carbocycles. The molecule has 1 aromatic rings. The van der Waals surface area contributed by atoms with Crippen LogP contribution in [0, 0.1) is 5.92 Å². The van der Waals surface area contributed by atoms with E-state index in [1.54, 1.807) is 19.1 Å². The number of hydrogen-bond acceptors (Lipinski definition) is 11. The summed E-state index contributed by atoms with van der Waals surface area (Å²) in [6.45, 7) is 6.67. The zero-order valence-electron chi connectivity index (χ0n) is 27.1. The van der Waals surface area contributed by atoms with Gasteiger partial charge in [-0.1, -0.05) is 19.9 Å². The van der Waals surface area contributed by atoms with Gasteiger partial charge in [0.15, 0.2) is 17.3 Å². The van der Waals surface area contributed by atoms with Crippen LogP contribution in [0.25, 0.3) is 0 Å². The lowest BCUT2D eigenvalue weighted by Gasteiger charge is -2.47. The van der Waals surface area contributed by atoms with E-state index in [-0.39, 0.29) is 38.7 Å². The van der Waals surface area contributed by atoms with Crippen LogP contribution in [-0.4, -0.2) is 81.3 Å². The van der Waals surface area contributed by atoms with Crippen molar-refractivity contribution >= 4 is 24.1 Å². The Kier molecular flexibility index (Phi) is 12.7. The Hall–Kier alpha value is -3.78. The summed E-state index contributed by atoms with van der Waals surface area (Å²) in [5, 5.41) is 8.16. The lowest BCUT2D eigenvalue weighted by atomic mass is 9.90. The predicted octanol–water partition coefficient (Wildman–Crippen LogP) is 3.68. The van der Waals surface area contributed by atoms with Gasteiger partial charge in [0.05, 0.1) is 19.3 Å². The summed E-state index contributed by atoms with van der Waals surface area (Å²) >= 11 is 0. The van der Waals surface area contributed by atoms with E-state index in [1.165, 1.54) is 7.11 Å². The average molecular weight is 650 g/mol. The molecular formula is C32H47N3O11. The van der Waals surface area contributed by atoms with Crippen LogP contribution < -0.4 is 25.4 Å². The summed E-state index contributed by atoms with van der Waals surface area (Å²) in [6.07, 6.45) is 1.28. The van der Waals surface area contributed by atoms with Crippen LogP contribution in [-0.2, 0) is 39.8 Å². The van der Waals surface area contributed by atoms with E-state index in [0.717, 1.165) is 18.4 Å². The van der Waals surface area contributed by atoms with E-state index in [0.29, 0.717) is 49.6 Å². The first-order valence-corrected chi connectivity index (χ1v) is 16.0. The van der Waals surface area contributed by atoms with E-state index in [4.69, 9.17) is 28.4 Å². The molecule has 1 aromatic carbocycles. The first kappa shape index (κ1) is 35.1. The van der Waals surface area contributed by atoms with Crippen molar-refractivity contribution < 1.29 is 52.3 Å². The molecule has 2 saturated heterocycles. The number of nitrogens with one attached hydrogen (secondary N) is 3. The smallest absolute Gasteiger partial charge is 0.407 e. The zero-order chi connectivity index (χ0) is 33.1. The van der Waals surface area contributed by atoms with E-state index in [9.17, 15) is 19.2 Å². The zero-order valence-corrected chi connectivity index (χ0v) is 27.1. The Labute approximate surface area is 269 Å². The maximum atomic E-state index is 12.9. The molecular weight excluding hydrogens is 602 g/mol. The number of alkyl carbamates (subject to hydrolysis) is 2. The Bertz CT molecular complexity index is 1210. The lowest BCUT2D eigenvalue weighted by Crippen LogP contribution is -2.53. The third-order valence-corrected chi connectivity index (χ3v) is 8.08. The van der Waals surface area contributed by atoms with Crippen molar-refractivity contribution in [1.29, 1.82) is 0 Å². The van der Waals surface area contributed by atoms with Crippen molar-refractivity contribution in [1.82, 2.24) is 16.0 Å². The summed E-state index contributed by atoms with van der Waals surface area (Å²) in [6, 6.07) is 4.64. The van der Waals surface area contributed by atoms with Crippen LogP contribution in [0.1, 0.15) is 77.7 Å². The van der Waals surface area contributed by atoms with Gasteiger partial charge in [0.1, 0.15) is 18.8 Å². The van der Waals surface area contributed by atoms with E-state index in [2.05, 4.69) is 34.5 Å². The fourth-order valence-electron chi connectivity index (χ4n) is 5.71. The van der Waals surface area contributed by atoms with Crippen molar-refractivity contribution in [3.05, 3.63) is 23.8 Å². The van der Waals surface area contributed by atoms with Gasteiger partial charge in [0.25, 0.3) is 0 Å². The second-order valence-corrected chi connectivity index (χ2v) is 12.3. The normalized spacial score (nSPS) is 24.2. The van der Waals surface area contributed by atoms with E-state index < -0.39 is 48.3 Å². The van der Waals surface area contributed by atoms with Crippen molar-refractivity contribution in [2.45, 2.75) is 109 Å². The molecule has 3 heterocycles. The maximum Gasteiger partial charge on any atom is 0.407 e. The number of carbonyl (C=O) groups excluding carboxylic acids is 4. The molecule has 0 radical (unpaired) electrons. The summed E-state index contributed by atoms with van der Waals surface area (Å²) in [4.78, 5) is 49.4. The third-order valence-electron chi connectivity index (χ3n) is 8.08. The SMILES string of the molecule is COC(=O)[C@H](C)NC(=O)CC[C@@H]1C[C@@H](OC(=O)NCc2ccc3c(c2)OCO3)C[C@@]2(CCC[C@H](COC(=O)NCCC(C)C)O2)O1. The van der Waals surface area contributed by atoms with Gasteiger partial charge < -0.3 is 49.1 Å². The molecule has 0 unspecified atom stereocenters. The average Bonchev–Trinajstić information content (AvgIpc) is 3.49. The predicted molar refractivity (Wildman–Crippen MR) is 163 cm³/mol. The topological polar surface area (TPSA) is 169 Å². The summed E-state index contributed by atoms with van der Waals surface area (Å²) in [7, 11) is 1.26. The molecule has 256 valence electrons. The van der Waals surface area contributed by atoms with Gasteiger partial charge in [0, 0.05) is 38.8 Å². The molecule has 4 rings (SSSR count). The van der Waals surface area contributed by atoms with Crippen LogP contribution in [0.4, 0.5) is 9.59 Å². The lowest BCUT2D eigenvalue weighted by molar-refractivity contribution is -0.329. The second-order valence-electron chi connectivity index (χ2n) is 12.3. The molecule has 5 atom stereocenters. The monoisotopic (exact) mass is 649 g/mol. The first-order valence-electron chi connectivity index (χ1n) is 16.0. The fourth-order valence-corrected chi connectivity index (χ4v) is 5.71. The number of fused-ring (bicyclic) bond motifs is 1. The van der Waals surface area contributed by atoms with Gasteiger partial charge in [-0.3, -0.25) is 4.79 Å². The molecule has 0 bridgehead atoms. The highest BCUT2D eigenvalue weighted by Gasteiger charge is 2.47. The number of ether oxygens (including phenoxy) is 7. The highest BCUT2D eigenvalue weighted by molar-refractivity contribution is 5.84. The largest absolute Gasteiger partial charge is 0.467 e. The number of carbonyl (C=O) groups is 4. The van der Waals surface area contributed by atoms with Crippen LogP contribution >= 0.6 is 0 Å². The molecule has 3 aliphatic rings. The Balaban J connectivity index is 1.35. The highest BCUT2D eigenvalue weighted by atomic mass is 16.7. The number of esters is 1. The molecule has 3 aliphatic heterocycles. The van der Waals surface area contributed by atoms with Gasteiger partial charge in [-0.05, 0) is 56.2 Å². The van der Waals surface area contributed by atoms with Crippen LogP contribution in [0.15, 0.2) is 18.2 Å². The number of methoxy groups -OCH3 is 1. The molecule has 3 N–H and O–H groups in total. The maximum absolute atomic E-state index is 12.9. The number of benzene rings is 1. The van der Waals surface area contributed by atoms with E-state index >= 15 is 0 Å². The van der Waals surface area contributed by atoms with Crippen molar-refractivity contribution in [2.24, 2.45) is 5.92 Å². The second kappa shape index (κ2) is 16.7. The minimum atomic E-state index is -1.08. The Morgan fingerprint density at radius 3 is 2.59 bits per heavy atom. The summed E-state index contributed by atoms with van der Waals surface area (Å²) in [5.74, 6) is -0.226. The van der Waals surface area contributed by atoms with Gasteiger partial charge in [-0.25, -0.2) is 14.4 Å². The molecule has 0 aliphatic carbocycles. The van der Waals surface area contributed by atoms with Gasteiger partial charge in [0.2, 0.25) is 12.7 Å². The minimum Gasteiger partial charge on any atom is -0.467 e. The Morgan fingerprint density at radius 1 is 1.02 bits per heavy atom. The molecule has 46 heavy (non-hydrogen) atoms. The number of rotatable bonds is 13. The van der Waals surface area contributed by atoms with Crippen LogP contribution in [0.2, 0.25) is 0 Å². The van der Waals surface area contributed by atoms with Crippen molar-refractivity contribution in [2.75, 3.05) is 27.1 Å². The van der Waals surface area contributed by atoms with Gasteiger partial charge in [-0.15, -0.1) is 0 Å². The first-order chi connectivity index (χ1) is 22.0. The standard InChI is InChI=1S/C32H47N3O11/c1-20(2)11-13-33-30(38)41-18-24-6-5-12-32(46-24)16-25(15-23(45-32)8-10-28(36)35-21(3)29(37)40-4)44-31(39)34-17-22-7-9-26-27(14-22)43-19-42-26/h7,9,14,20-21,23-25H,5-6,8,10-13,15-19H2,1-4H3,(H,33,38)(H,34,39)(H,35,36)/t21-,23+,24+,25+,32-/m0/s1. The van der Waals surface area contributed by atoms with Gasteiger partial charge in [-0.2, -0.15) is 0 Å². The summed E-state index contributed by atoms with van der Waals surface area (Å²) in [5.41, 5.74) is 0.821. The number of amides is 3. The van der Waals surface area contributed by atoms with Crippen LogP contribution in [0.3, 0.4) is 0 Å². The quantitative estimate of drug-likeness (QED) is 0.211. The van der Waals surface area contributed by atoms with Crippen molar-refractivity contribution in [3.63, 3.8) is 0 Å². The minimum absolute atomic E-state index is 0.0542. The highest BCUT2D eigenvalue weighted by Crippen LogP contribution is 2.41. The summed E-state index contributed by atoms with van der Waals surface area (Å²) < 4.78 is 39.6. The fraction of sp³-hybridized carbons (Fsp3) is 0.688. The van der Waals surface area contributed by atoms with E-state index in [1.807, 2.05) is 6.07 Å². The molecule has 14 nitrogen and oxygen atoms in total. The molecule has 2 fully saturated rings. The van der Waals surface area contributed by atoms with Crippen molar-refractivity contribution in [3.8, 4) is 11.5 Å². The molecule has 1 spiro atoms. The third kappa shape index (κ3) is 10.6.